The summed E-state index contributed by atoms with van der Waals surface area (Å²) < 4.78 is 0. The van der Waals surface area contributed by atoms with Crippen LogP contribution >= 0.6 is 0 Å². The monoisotopic (exact) mass is 234 g/mol. The standard InChI is InChI=1S/C12H14N2O3/c1-14(9-2-4-10(15)5-3-9)12(17)8-6-11(16)13-7-8/h2-5,8,15H,6-7H2,1H3,(H,13,16). The molecular weight excluding hydrogens is 220 g/mol. The van der Waals surface area contributed by atoms with Crippen LogP contribution in [-0.2, 0) is 9.59 Å². The first kappa shape index (κ1) is 11.4. The van der Waals surface area contributed by atoms with Crippen molar-refractivity contribution >= 4 is 17.5 Å². The van der Waals surface area contributed by atoms with Gasteiger partial charge in [0.05, 0.1) is 5.92 Å². The minimum absolute atomic E-state index is 0.0811. The van der Waals surface area contributed by atoms with Crippen molar-refractivity contribution in [1.29, 1.82) is 0 Å². The van der Waals surface area contributed by atoms with Crippen LogP contribution in [0.25, 0.3) is 0 Å². The third-order valence-corrected chi connectivity index (χ3v) is 2.89. The fraction of sp³-hybridized carbons (Fsp3) is 0.333. The number of anilines is 1. The van der Waals surface area contributed by atoms with Crippen LogP contribution in [0, 0.1) is 5.92 Å². The van der Waals surface area contributed by atoms with E-state index in [0.717, 1.165) is 0 Å². The maximum absolute atomic E-state index is 12.0. The van der Waals surface area contributed by atoms with Crippen LogP contribution in [0.1, 0.15) is 6.42 Å². The zero-order chi connectivity index (χ0) is 12.4. The van der Waals surface area contributed by atoms with E-state index in [-0.39, 0.29) is 29.9 Å². The van der Waals surface area contributed by atoms with Gasteiger partial charge in [-0.2, -0.15) is 0 Å². The summed E-state index contributed by atoms with van der Waals surface area (Å²) in [5.74, 6) is -0.301. The predicted octanol–water partition coefficient (Wildman–Crippen LogP) is 0.491. The van der Waals surface area contributed by atoms with Gasteiger partial charge in [0.15, 0.2) is 0 Å². The molecule has 5 nitrogen and oxygen atoms in total. The van der Waals surface area contributed by atoms with Crippen LogP contribution in [0.15, 0.2) is 24.3 Å². The summed E-state index contributed by atoms with van der Waals surface area (Å²) in [6.07, 6.45) is 0.251. The van der Waals surface area contributed by atoms with Gasteiger partial charge in [0.2, 0.25) is 11.8 Å². The molecule has 17 heavy (non-hydrogen) atoms. The highest BCUT2D eigenvalue weighted by atomic mass is 16.3. The molecule has 1 fully saturated rings. The highest BCUT2D eigenvalue weighted by Gasteiger charge is 2.30. The lowest BCUT2D eigenvalue weighted by Crippen LogP contribution is -2.33. The van der Waals surface area contributed by atoms with Gasteiger partial charge in [-0.25, -0.2) is 0 Å². The number of hydrogen-bond acceptors (Lipinski definition) is 3. The number of phenols is 1. The Bertz CT molecular complexity index is 442. The van der Waals surface area contributed by atoms with Crippen molar-refractivity contribution in [3.05, 3.63) is 24.3 Å². The summed E-state index contributed by atoms with van der Waals surface area (Å²) >= 11 is 0. The van der Waals surface area contributed by atoms with Crippen LogP contribution in [-0.4, -0.2) is 30.5 Å². The number of carbonyl (C=O) groups excluding carboxylic acids is 2. The van der Waals surface area contributed by atoms with E-state index in [1.165, 1.54) is 17.0 Å². The number of aromatic hydroxyl groups is 1. The normalized spacial score (nSPS) is 18.9. The first-order valence-corrected chi connectivity index (χ1v) is 5.41. The molecule has 90 valence electrons. The Labute approximate surface area is 99.0 Å². The number of rotatable bonds is 2. The molecule has 1 aromatic rings. The van der Waals surface area contributed by atoms with E-state index in [4.69, 9.17) is 5.11 Å². The molecule has 5 heteroatoms. The van der Waals surface area contributed by atoms with Gasteiger partial charge in [0.25, 0.3) is 0 Å². The van der Waals surface area contributed by atoms with Crippen molar-refractivity contribution in [2.45, 2.75) is 6.42 Å². The summed E-state index contributed by atoms with van der Waals surface area (Å²) in [4.78, 5) is 24.6. The molecule has 1 aromatic carbocycles. The van der Waals surface area contributed by atoms with Gasteiger partial charge in [-0.05, 0) is 24.3 Å². The van der Waals surface area contributed by atoms with Crippen molar-refractivity contribution in [1.82, 2.24) is 5.32 Å². The zero-order valence-corrected chi connectivity index (χ0v) is 9.51. The SMILES string of the molecule is CN(C(=O)C1CNC(=O)C1)c1ccc(O)cc1. The number of carbonyl (C=O) groups is 2. The van der Waals surface area contributed by atoms with E-state index in [1.54, 1.807) is 19.2 Å². The van der Waals surface area contributed by atoms with Gasteiger partial charge in [-0.1, -0.05) is 0 Å². The quantitative estimate of drug-likeness (QED) is 0.782. The molecule has 1 unspecified atom stereocenters. The summed E-state index contributed by atoms with van der Waals surface area (Å²) in [7, 11) is 1.66. The lowest BCUT2D eigenvalue weighted by atomic mass is 10.1. The molecular formula is C12H14N2O3. The number of nitrogens with one attached hydrogen (secondary N) is 1. The van der Waals surface area contributed by atoms with Crippen molar-refractivity contribution in [3.8, 4) is 5.75 Å². The molecule has 1 aliphatic heterocycles. The van der Waals surface area contributed by atoms with Gasteiger partial charge in [-0.3, -0.25) is 9.59 Å². The average Bonchev–Trinajstić information content (AvgIpc) is 2.75. The van der Waals surface area contributed by atoms with E-state index in [0.29, 0.717) is 12.2 Å². The smallest absolute Gasteiger partial charge is 0.232 e. The van der Waals surface area contributed by atoms with Crippen molar-refractivity contribution in [2.24, 2.45) is 5.92 Å². The molecule has 2 N–H and O–H groups in total. The number of phenolic OH excluding ortho intramolecular Hbond substituents is 1. The fourth-order valence-corrected chi connectivity index (χ4v) is 1.86. The fourth-order valence-electron chi connectivity index (χ4n) is 1.86. The minimum Gasteiger partial charge on any atom is -0.508 e. The van der Waals surface area contributed by atoms with Crippen LogP contribution in [0.5, 0.6) is 5.75 Å². The van der Waals surface area contributed by atoms with Crippen LogP contribution < -0.4 is 10.2 Å². The molecule has 2 amide bonds. The molecule has 0 spiro atoms. The van der Waals surface area contributed by atoms with E-state index in [9.17, 15) is 9.59 Å². The predicted molar refractivity (Wildman–Crippen MR) is 62.6 cm³/mol. The van der Waals surface area contributed by atoms with Gasteiger partial charge >= 0.3 is 0 Å². The third-order valence-electron chi connectivity index (χ3n) is 2.89. The first-order valence-electron chi connectivity index (χ1n) is 5.41. The van der Waals surface area contributed by atoms with Gasteiger partial charge in [0, 0.05) is 25.7 Å². The van der Waals surface area contributed by atoms with Crippen LogP contribution in [0.4, 0.5) is 5.69 Å². The van der Waals surface area contributed by atoms with Crippen molar-refractivity contribution in [3.63, 3.8) is 0 Å². The highest BCUT2D eigenvalue weighted by molar-refractivity contribution is 5.98. The molecule has 0 bridgehead atoms. The van der Waals surface area contributed by atoms with E-state index in [2.05, 4.69) is 5.32 Å². The van der Waals surface area contributed by atoms with E-state index in [1.807, 2.05) is 0 Å². The highest BCUT2D eigenvalue weighted by Crippen LogP contribution is 2.20. The summed E-state index contributed by atoms with van der Waals surface area (Å²) in [5, 5.41) is 11.8. The Morgan fingerprint density at radius 2 is 2.06 bits per heavy atom. The topological polar surface area (TPSA) is 69.6 Å². The number of amides is 2. The van der Waals surface area contributed by atoms with Crippen LogP contribution in [0.3, 0.4) is 0 Å². The number of hydrogen-bond donors (Lipinski definition) is 2. The Hall–Kier alpha value is -2.04. The lowest BCUT2D eigenvalue weighted by Gasteiger charge is -2.20. The first-order chi connectivity index (χ1) is 8.08. The Balaban J connectivity index is 2.09. The van der Waals surface area contributed by atoms with Crippen molar-refractivity contribution < 1.29 is 14.7 Å². The van der Waals surface area contributed by atoms with Crippen LogP contribution in [0.2, 0.25) is 0 Å². The second-order valence-corrected chi connectivity index (χ2v) is 4.12. The van der Waals surface area contributed by atoms with E-state index >= 15 is 0 Å². The Kier molecular flexibility index (Phi) is 2.99. The second kappa shape index (κ2) is 4.45. The molecule has 1 aliphatic rings. The molecule has 1 saturated heterocycles. The summed E-state index contributed by atoms with van der Waals surface area (Å²) in [5.41, 5.74) is 0.701. The number of nitrogens with zero attached hydrogens (tertiary/aromatic N) is 1. The van der Waals surface area contributed by atoms with Crippen molar-refractivity contribution in [2.75, 3.05) is 18.5 Å². The molecule has 0 aliphatic carbocycles. The minimum atomic E-state index is -0.290. The zero-order valence-electron chi connectivity index (χ0n) is 9.51. The van der Waals surface area contributed by atoms with Gasteiger partial charge < -0.3 is 15.3 Å². The maximum Gasteiger partial charge on any atom is 0.232 e. The third kappa shape index (κ3) is 2.38. The average molecular weight is 234 g/mol. The molecule has 2 rings (SSSR count). The Morgan fingerprint density at radius 1 is 1.41 bits per heavy atom. The summed E-state index contributed by atoms with van der Waals surface area (Å²) in [6.45, 7) is 0.403. The lowest BCUT2D eigenvalue weighted by molar-refractivity contribution is -0.124. The molecule has 0 radical (unpaired) electrons. The summed E-state index contributed by atoms with van der Waals surface area (Å²) in [6, 6.07) is 6.38. The second-order valence-electron chi connectivity index (χ2n) is 4.12. The molecule has 0 saturated carbocycles. The van der Waals surface area contributed by atoms with Gasteiger partial charge in [-0.15, -0.1) is 0 Å². The molecule has 1 atom stereocenters. The number of benzene rings is 1. The Morgan fingerprint density at radius 3 is 2.59 bits per heavy atom. The maximum atomic E-state index is 12.0. The molecule has 1 heterocycles. The largest absolute Gasteiger partial charge is 0.508 e. The van der Waals surface area contributed by atoms with E-state index < -0.39 is 0 Å². The molecule has 0 aromatic heterocycles. The van der Waals surface area contributed by atoms with Gasteiger partial charge in [0.1, 0.15) is 5.75 Å².